The van der Waals surface area contributed by atoms with Crippen molar-refractivity contribution in [2.75, 3.05) is 27.2 Å². The molecule has 2 aromatic rings. The molecule has 1 aromatic carbocycles. The summed E-state index contributed by atoms with van der Waals surface area (Å²) >= 11 is 0. The van der Waals surface area contributed by atoms with Crippen LogP contribution in [-0.2, 0) is 22.7 Å². The molecule has 1 spiro atoms. The van der Waals surface area contributed by atoms with E-state index in [1.54, 1.807) is 11.8 Å². The van der Waals surface area contributed by atoms with Crippen LogP contribution in [0.4, 0.5) is 0 Å². The fraction of sp³-hybridized carbons (Fsp3) is 0.571. The molecule has 2 aliphatic heterocycles. The number of ether oxygens (including phenoxy) is 2. The van der Waals surface area contributed by atoms with Gasteiger partial charge in [0.05, 0.1) is 25.4 Å². The summed E-state index contributed by atoms with van der Waals surface area (Å²) in [6.45, 7) is 2.93. The van der Waals surface area contributed by atoms with Crippen molar-refractivity contribution in [3.63, 3.8) is 0 Å². The standard InChI is InChI=1S/C21H29N5O3/c1-25-11-8-21(9-12-25)13-18(17-5-3-4-6-19(17)29-21)22-20(27)7-10-26-14-16(15-28-2)23-24-26/h3-6,14,18H,7-13,15H2,1-2H3,(H,22,27). The molecule has 156 valence electrons. The molecular weight excluding hydrogens is 370 g/mol. The molecule has 1 unspecified atom stereocenters. The molecular formula is C21H29N5O3. The van der Waals surface area contributed by atoms with E-state index in [9.17, 15) is 4.79 Å². The number of benzene rings is 1. The number of rotatable bonds is 6. The smallest absolute Gasteiger partial charge is 0.222 e. The van der Waals surface area contributed by atoms with Crippen LogP contribution in [0.25, 0.3) is 0 Å². The minimum Gasteiger partial charge on any atom is -0.487 e. The molecule has 0 bridgehead atoms. The molecule has 1 N–H and O–H groups in total. The van der Waals surface area contributed by atoms with Gasteiger partial charge in [-0.2, -0.15) is 0 Å². The Morgan fingerprint density at radius 3 is 2.93 bits per heavy atom. The summed E-state index contributed by atoms with van der Waals surface area (Å²) in [6, 6.07) is 8.03. The van der Waals surface area contributed by atoms with Crippen molar-refractivity contribution < 1.29 is 14.3 Å². The van der Waals surface area contributed by atoms with Gasteiger partial charge in [0.25, 0.3) is 0 Å². The monoisotopic (exact) mass is 399 g/mol. The number of amides is 1. The number of hydrogen-bond acceptors (Lipinski definition) is 6. The van der Waals surface area contributed by atoms with Gasteiger partial charge in [-0.25, -0.2) is 0 Å². The van der Waals surface area contributed by atoms with Crippen molar-refractivity contribution in [3.05, 3.63) is 41.7 Å². The number of methoxy groups -OCH3 is 1. The lowest BCUT2D eigenvalue weighted by molar-refractivity contribution is -0.123. The van der Waals surface area contributed by atoms with Crippen molar-refractivity contribution in [3.8, 4) is 5.75 Å². The number of likely N-dealkylation sites (tertiary alicyclic amines) is 1. The Hall–Kier alpha value is -2.45. The number of aryl methyl sites for hydroxylation is 1. The van der Waals surface area contributed by atoms with Gasteiger partial charge in [-0.1, -0.05) is 23.4 Å². The van der Waals surface area contributed by atoms with E-state index in [-0.39, 0.29) is 17.6 Å². The average molecular weight is 399 g/mol. The molecule has 1 fully saturated rings. The maximum atomic E-state index is 12.7. The van der Waals surface area contributed by atoms with E-state index in [4.69, 9.17) is 9.47 Å². The van der Waals surface area contributed by atoms with E-state index in [0.29, 0.717) is 19.6 Å². The third-order valence-electron chi connectivity index (χ3n) is 5.88. The lowest BCUT2D eigenvalue weighted by atomic mass is 9.80. The van der Waals surface area contributed by atoms with Gasteiger partial charge < -0.3 is 19.7 Å². The molecule has 1 amide bonds. The summed E-state index contributed by atoms with van der Waals surface area (Å²) in [6.07, 6.45) is 4.93. The van der Waals surface area contributed by atoms with E-state index < -0.39 is 0 Å². The second-order valence-corrected chi connectivity index (χ2v) is 8.11. The lowest BCUT2D eigenvalue weighted by Gasteiger charge is -2.46. The fourth-order valence-electron chi connectivity index (χ4n) is 4.22. The molecule has 0 saturated carbocycles. The van der Waals surface area contributed by atoms with Gasteiger partial charge in [0.2, 0.25) is 5.91 Å². The summed E-state index contributed by atoms with van der Waals surface area (Å²) in [5.41, 5.74) is 1.63. The minimum atomic E-state index is -0.195. The van der Waals surface area contributed by atoms with Crippen molar-refractivity contribution in [1.29, 1.82) is 0 Å². The highest BCUT2D eigenvalue weighted by Crippen LogP contribution is 2.44. The normalized spacial score (nSPS) is 20.8. The maximum absolute atomic E-state index is 12.7. The minimum absolute atomic E-state index is 0.0126. The van der Waals surface area contributed by atoms with Gasteiger partial charge in [-0.3, -0.25) is 9.48 Å². The number of para-hydroxylation sites is 1. The Morgan fingerprint density at radius 1 is 1.34 bits per heavy atom. The van der Waals surface area contributed by atoms with E-state index >= 15 is 0 Å². The zero-order chi connectivity index (χ0) is 20.3. The molecule has 8 nitrogen and oxygen atoms in total. The first-order chi connectivity index (χ1) is 14.1. The molecule has 29 heavy (non-hydrogen) atoms. The maximum Gasteiger partial charge on any atom is 0.222 e. The average Bonchev–Trinajstić information content (AvgIpc) is 3.17. The van der Waals surface area contributed by atoms with Gasteiger partial charge in [0.1, 0.15) is 17.0 Å². The quantitative estimate of drug-likeness (QED) is 0.799. The number of piperidine rings is 1. The SMILES string of the molecule is COCc1cn(CCC(=O)NC2CC3(CCN(C)CC3)Oc3ccccc32)nn1. The topological polar surface area (TPSA) is 81.5 Å². The summed E-state index contributed by atoms with van der Waals surface area (Å²) in [7, 11) is 3.76. The van der Waals surface area contributed by atoms with Crippen LogP contribution in [0.1, 0.15) is 43.0 Å². The molecule has 0 aliphatic carbocycles. The molecule has 2 aliphatic rings. The largest absolute Gasteiger partial charge is 0.487 e. The molecule has 1 saturated heterocycles. The first kappa shape index (κ1) is 19.8. The van der Waals surface area contributed by atoms with E-state index in [1.807, 2.05) is 24.4 Å². The third kappa shape index (κ3) is 4.59. The first-order valence-electron chi connectivity index (χ1n) is 10.2. The highest BCUT2D eigenvalue weighted by atomic mass is 16.5. The van der Waals surface area contributed by atoms with Crippen molar-refractivity contribution in [2.45, 2.75) is 50.5 Å². The Balaban J connectivity index is 1.41. The van der Waals surface area contributed by atoms with Gasteiger partial charge in [0, 0.05) is 38.6 Å². The fourth-order valence-corrected chi connectivity index (χ4v) is 4.22. The number of fused-ring (bicyclic) bond motifs is 1. The Morgan fingerprint density at radius 2 is 2.14 bits per heavy atom. The molecule has 3 heterocycles. The number of carbonyl (C=O) groups is 1. The highest BCUT2D eigenvalue weighted by Gasteiger charge is 2.43. The summed E-state index contributed by atoms with van der Waals surface area (Å²) in [4.78, 5) is 15.0. The van der Waals surface area contributed by atoms with Crippen molar-refractivity contribution in [2.24, 2.45) is 0 Å². The van der Waals surface area contributed by atoms with Crippen LogP contribution in [0.3, 0.4) is 0 Å². The zero-order valence-corrected chi connectivity index (χ0v) is 17.1. The van der Waals surface area contributed by atoms with Gasteiger partial charge in [0.15, 0.2) is 0 Å². The Labute approximate surface area is 171 Å². The Kier molecular flexibility index (Phi) is 5.82. The van der Waals surface area contributed by atoms with Gasteiger partial charge >= 0.3 is 0 Å². The molecule has 0 radical (unpaired) electrons. The van der Waals surface area contributed by atoms with Crippen LogP contribution < -0.4 is 10.1 Å². The zero-order valence-electron chi connectivity index (χ0n) is 17.1. The number of nitrogens with zero attached hydrogens (tertiary/aromatic N) is 4. The summed E-state index contributed by atoms with van der Waals surface area (Å²) in [5.74, 6) is 0.910. The van der Waals surface area contributed by atoms with Crippen LogP contribution >= 0.6 is 0 Å². The van der Waals surface area contributed by atoms with Crippen molar-refractivity contribution in [1.82, 2.24) is 25.2 Å². The molecule has 1 atom stereocenters. The van der Waals surface area contributed by atoms with Crippen LogP contribution in [0.2, 0.25) is 0 Å². The van der Waals surface area contributed by atoms with E-state index in [1.165, 1.54) is 0 Å². The van der Waals surface area contributed by atoms with Crippen molar-refractivity contribution >= 4 is 5.91 Å². The second-order valence-electron chi connectivity index (χ2n) is 8.11. The Bertz CT molecular complexity index is 844. The van der Waals surface area contributed by atoms with Crippen LogP contribution in [0, 0.1) is 0 Å². The number of nitrogens with one attached hydrogen (secondary N) is 1. The van der Waals surface area contributed by atoms with Crippen LogP contribution in [0.15, 0.2) is 30.5 Å². The van der Waals surface area contributed by atoms with Crippen LogP contribution in [-0.4, -0.2) is 58.6 Å². The molecule has 8 heteroatoms. The first-order valence-corrected chi connectivity index (χ1v) is 10.2. The molecule has 4 rings (SSSR count). The molecule has 1 aromatic heterocycles. The summed E-state index contributed by atoms with van der Waals surface area (Å²) < 4.78 is 13.2. The number of aromatic nitrogens is 3. The number of hydrogen-bond donors (Lipinski definition) is 1. The predicted octanol–water partition coefficient (Wildman–Crippen LogP) is 1.92. The lowest BCUT2D eigenvalue weighted by Crippen LogP contribution is -2.51. The summed E-state index contributed by atoms with van der Waals surface area (Å²) in [5, 5.41) is 11.3. The van der Waals surface area contributed by atoms with Gasteiger partial charge in [-0.15, -0.1) is 5.10 Å². The van der Waals surface area contributed by atoms with Gasteiger partial charge in [-0.05, 0) is 26.0 Å². The predicted molar refractivity (Wildman–Crippen MR) is 107 cm³/mol. The third-order valence-corrected chi connectivity index (χ3v) is 5.88. The van der Waals surface area contributed by atoms with E-state index in [2.05, 4.69) is 33.6 Å². The number of carbonyl (C=O) groups excluding carboxylic acids is 1. The van der Waals surface area contributed by atoms with Crippen LogP contribution in [0.5, 0.6) is 5.75 Å². The highest BCUT2D eigenvalue weighted by molar-refractivity contribution is 5.76. The van der Waals surface area contributed by atoms with E-state index in [0.717, 1.165) is 49.4 Å². The second kappa shape index (κ2) is 8.51.